The van der Waals surface area contributed by atoms with E-state index in [1.54, 1.807) is 0 Å². The molecule has 1 aromatic carbocycles. The van der Waals surface area contributed by atoms with Crippen molar-refractivity contribution in [3.63, 3.8) is 0 Å². The van der Waals surface area contributed by atoms with Crippen molar-refractivity contribution < 1.29 is 4.74 Å². The quantitative estimate of drug-likeness (QED) is 0.237. The first kappa shape index (κ1) is 25.4. The zero-order valence-corrected chi connectivity index (χ0v) is 20.4. The normalized spacial score (nSPS) is 12.1. The van der Waals surface area contributed by atoms with Gasteiger partial charge in [-0.3, -0.25) is 4.98 Å². The lowest BCUT2D eigenvalue weighted by Crippen LogP contribution is -2.01. The summed E-state index contributed by atoms with van der Waals surface area (Å²) < 4.78 is 5.94. The van der Waals surface area contributed by atoms with E-state index in [1.807, 2.05) is 0 Å². The third-order valence-corrected chi connectivity index (χ3v) is 6.26. The van der Waals surface area contributed by atoms with E-state index >= 15 is 0 Å². The summed E-state index contributed by atoms with van der Waals surface area (Å²) in [5.41, 5.74) is 3.80. The summed E-state index contributed by atoms with van der Waals surface area (Å²) in [5.74, 6) is 1.28. The Labute approximate surface area is 191 Å². The minimum absolute atomic E-state index is 0.302. The minimum atomic E-state index is 0.302. The van der Waals surface area contributed by atoms with E-state index in [1.165, 1.54) is 81.8 Å². The van der Waals surface area contributed by atoms with E-state index in [0.717, 1.165) is 30.9 Å². The third-order valence-electron chi connectivity index (χ3n) is 6.26. The largest absolute Gasteiger partial charge is 0.494 e. The van der Waals surface area contributed by atoms with Gasteiger partial charge < -0.3 is 4.74 Å². The molecule has 0 radical (unpaired) electrons. The molecule has 0 amide bonds. The van der Waals surface area contributed by atoms with Crippen molar-refractivity contribution in [2.75, 3.05) is 6.61 Å². The van der Waals surface area contributed by atoms with Crippen molar-refractivity contribution >= 4 is 0 Å². The average molecular weight is 424 g/mol. The number of hydrogen-bond donors (Lipinski definition) is 0. The van der Waals surface area contributed by atoms with E-state index in [2.05, 4.69) is 63.4 Å². The van der Waals surface area contributed by atoms with Crippen molar-refractivity contribution in [1.82, 2.24) is 4.98 Å². The van der Waals surface area contributed by atoms with Crippen molar-refractivity contribution in [3.05, 3.63) is 59.4 Å². The van der Waals surface area contributed by atoms with Crippen LogP contribution in [0.3, 0.4) is 0 Å². The van der Waals surface area contributed by atoms with Crippen LogP contribution in [0.15, 0.2) is 42.6 Å². The highest BCUT2D eigenvalue weighted by molar-refractivity contribution is 5.33. The summed E-state index contributed by atoms with van der Waals surface area (Å²) >= 11 is 0. The van der Waals surface area contributed by atoms with Gasteiger partial charge in [-0.05, 0) is 48.6 Å². The monoisotopic (exact) mass is 423 g/mol. The van der Waals surface area contributed by atoms with Crippen LogP contribution in [0.1, 0.15) is 121 Å². The van der Waals surface area contributed by atoms with Crippen LogP contribution < -0.4 is 4.74 Å². The Kier molecular flexibility index (Phi) is 13.0. The molecule has 2 heteroatoms. The van der Waals surface area contributed by atoms with Crippen LogP contribution in [-0.4, -0.2) is 11.6 Å². The molecular weight excluding hydrogens is 378 g/mol. The van der Waals surface area contributed by atoms with Crippen molar-refractivity contribution in [2.45, 2.75) is 110 Å². The van der Waals surface area contributed by atoms with Gasteiger partial charge in [-0.25, -0.2) is 0 Å². The van der Waals surface area contributed by atoms with Gasteiger partial charge in [0.2, 0.25) is 0 Å². The maximum absolute atomic E-state index is 5.94. The molecule has 0 aliphatic carbocycles. The molecule has 1 atom stereocenters. The van der Waals surface area contributed by atoms with Crippen LogP contribution in [0, 0.1) is 0 Å². The van der Waals surface area contributed by atoms with E-state index in [-0.39, 0.29) is 0 Å². The molecule has 172 valence electrons. The average Bonchev–Trinajstić information content (AvgIpc) is 2.81. The first-order valence-electron chi connectivity index (χ1n) is 12.9. The van der Waals surface area contributed by atoms with Gasteiger partial charge in [0, 0.05) is 17.8 Å². The highest BCUT2D eigenvalue weighted by Crippen LogP contribution is 2.25. The Morgan fingerprint density at radius 1 is 0.710 bits per heavy atom. The molecule has 1 heterocycles. The number of hydrogen-bond acceptors (Lipinski definition) is 2. The smallest absolute Gasteiger partial charge is 0.119 e. The second kappa shape index (κ2) is 15.9. The molecule has 0 aliphatic heterocycles. The number of unbranched alkanes of at least 4 members (excludes halogenated alkanes) is 10. The Hall–Kier alpha value is -1.83. The third kappa shape index (κ3) is 10.4. The first-order chi connectivity index (χ1) is 15.2. The van der Waals surface area contributed by atoms with Gasteiger partial charge in [-0.2, -0.15) is 0 Å². The maximum Gasteiger partial charge on any atom is 0.119 e. The van der Waals surface area contributed by atoms with Gasteiger partial charge in [0.15, 0.2) is 0 Å². The summed E-state index contributed by atoms with van der Waals surface area (Å²) in [7, 11) is 0. The molecule has 1 unspecified atom stereocenters. The molecule has 0 saturated heterocycles. The Bertz CT molecular complexity index is 677. The van der Waals surface area contributed by atoms with Gasteiger partial charge in [0.25, 0.3) is 0 Å². The number of ether oxygens (including phenoxy) is 1. The van der Waals surface area contributed by atoms with Gasteiger partial charge in [0.05, 0.1) is 6.61 Å². The van der Waals surface area contributed by atoms with Crippen LogP contribution in [0.2, 0.25) is 0 Å². The Balaban J connectivity index is 1.70. The molecule has 0 spiro atoms. The summed E-state index contributed by atoms with van der Waals surface area (Å²) in [6.07, 6.45) is 19.1. The number of rotatable bonds is 17. The van der Waals surface area contributed by atoms with Gasteiger partial charge >= 0.3 is 0 Å². The fourth-order valence-electron chi connectivity index (χ4n) is 4.05. The summed E-state index contributed by atoms with van der Waals surface area (Å²) in [5, 5.41) is 0. The fourth-order valence-corrected chi connectivity index (χ4v) is 4.05. The number of aryl methyl sites for hydroxylation is 1. The lowest BCUT2D eigenvalue weighted by Gasteiger charge is -2.13. The maximum atomic E-state index is 5.94. The summed E-state index contributed by atoms with van der Waals surface area (Å²) in [6, 6.07) is 13.1. The lowest BCUT2D eigenvalue weighted by atomic mass is 9.96. The topological polar surface area (TPSA) is 22.1 Å². The number of aromatic nitrogens is 1. The number of benzene rings is 1. The Morgan fingerprint density at radius 3 is 1.94 bits per heavy atom. The molecule has 0 N–H and O–H groups in total. The van der Waals surface area contributed by atoms with Crippen LogP contribution in [0.4, 0.5) is 0 Å². The van der Waals surface area contributed by atoms with Gasteiger partial charge in [-0.15, -0.1) is 0 Å². The van der Waals surface area contributed by atoms with Gasteiger partial charge in [0.1, 0.15) is 5.75 Å². The van der Waals surface area contributed by atoms with Gasteiger partial charge in [-0.1, -0.05) is 103 Å². The molecule has 0 bridgehead atoms. The van der Waals surface area contributed by atoms with E-state index < -0.39 is 0 Å². The predicted molar refractivity (Wildman–Crippen MR) is 134 cm³/mol. The predicted octanol–water partition coefficient (Wildman–Crippen LogP) is 8.88. The van der Waals surface area contributed by atoms with Crippen molar-refractivity contribution in [1.29, 1.82) is 0 Å². The SMILES string of the molecule is CCCCCCCCCOc1ccc(C(C)c2ccc(CCCCCCC)cn2)cc1. The van der Waals surface area contributed by atoms with E-state index in [0.29, 0.717) is 5.92 Å². The summed E-state index contributed by atoms with van der Waals surface area (Å²) in [6.45, 7) is 7.59. The van der Waals surface area contributed by atoms with Crippen LogP contribution in [0.25, 0.3) is 0 Å². The molecule has 0 fully saturated rings. The lowest BCUT2D eigenvalue weighted by molar-refractivity contribution is 0.304. The standard InChI is InChI=1S/C29H45NO/c1-4-6-8-10-11-13-15-23-31-28-20-18-27(19-21-28)25(3)29-22-17-26(24-30-29)16-14-12-9-7-5-2/h17-22,24-25H,4-16,23H2,1-3H3. The van der Waals surface area contributed by atoms with Crippen molar-refractivity contribution in [3.8, 4) is 5.75 Å². The molecule has 2 rings (SSSR count). The number of pyridine rings is 1. The molecule has 31 heavy (non-hydrogen) atoms. The molecule has 0 saturated carbocycles. The second-order valence-corrected chi connectivity index (χ2v) is 9.02. The van der Waals surface area contributed by atoms with Crippen LogP contribution in [0.5, 0.6) is 5.75 Å². The minimum Gasteiger partial charge on any atom is -0.494 e. The van der Waals surface area contributed by atoms with Crippen LogP contribution in [-0.2, 0) is 6.42 Å². The van der Waals surface area contributed by atoms with Crippen molar-refractivity contribution in [2.24, 2.45) is 0 Å². The molecular formula is C29H45NO. The Morgan fingerprint density at radius 2 is 1.32 bits per heavy atom. The highest BCUT2D eigenvalue weighted by atomic mass is 16.5. The molecule has 2 nitrogen and oxygen atoms in total. The second-order valence-electron chi connectivity index (χ2n) is 9.02. The first-order valence-corrected chi connectivity index (χ1v) is 12.9. The molecule has 2 aromatic rings. The summed E-state index contributed by atoms with van der Waals surface area (Å²) in [4.78, 5) is 4.76. The fraction of sp³-hybridized carbons (Fsp3) is 0.621. The zero-order chi connectivity index (χ0) is 22.2. The van der Waals surface area contributed by atoms with E-state index in [9.17, 15) is 0 Å². The highest BCUT2D eigenvalue weighted by Gasteiger charge is 2.10. The number of nitrogens with zero attached hydrogens (tertiary/aromatic N) is 1. The zero-order valence-electron chi connectivity index (χ0n) is 20.4. The molecule has 0 aliphatic rings. The molecule has 1 aromatic heterocycles. The van der Waals surface area contributed by atoms with Crippen LogP contribution >= 0.6 is 0 Å². The van der Waals surface area contributed by atoms with E-state index in [4.69, 9.17) is 9.72 Å².